The topological polar surface area (TPSA) is 0 Å². The first-order chi connectivity index (χ1) is 6.11. The van der Waals surface area contributed by atoms with Crippen LogP contribution in [0.5, 0.6) is 0 Å². The molecule has 1 aromatic rings. The summed E-state index contributed by atoms with van der Waals surface area (Å²) in [5.41, 5.74) is 2.85. The first-order valence-electron chi connectivity index (χ1n) is 4.80. The van der Waals surface area contributed by atoms with E-state index >= 15 is 0 Å². The fourth-order valence-corrected chi connectivity index (χ4v) is 1.63. The van der Waals surface area contributed by atoms with E-state index in [1.807, 2.05) is 0 Å². The Bertz CT molecular complexity index is 266. The predicted octanol–water partition coefficient (Wildman–Crippen LogP) is 3.96. The van der Waals surface area contributed by atoms with Crippen LogP contribution in [-0.2, 0) is 6.42 Å². The van der Waals surface area contributed by atoms with E-state index < -0.39 is 0 Å². The lowest BCUT2D eigenvalue weighted by Crippen LogP contribution is -2.11. The normalized spacial score (nSPS) is 13.3. The maximum absolute atomic E-state index is 3.71. The van der Waals surface area contributed by atoms with Gasteiger partial charge in [0.1, 0.15) is 0 Å². The lowest BCUT2D eigenvalue weighted by molar-refractivity contribution is 0.612. The van der Waals surface area contributed by atoms with Crippen molar-refractivity contribution in [3.8, 4) is 0 Å². The largest absolute Gasteiger partial charge is 0.0884 e. The van der Waals surface area contributed by atoms with Crippen molar-refractivity contribution in [2.45, 2.75) is 32.0 Å². The first kappa shape index (κ1) is 10.8. The Morgan fingerprint density at radius 2 is 1.85 bits per heavy atom. The van der Waals surface area contributed by atoms with Crippen molar-refractivity contribution < 1.29 is 0 Å². The molecule has 0 fully saturated rings. The third kappa shape index (κ3) is 3.15. The van der Waals surface area contributed by atoms with Gasteiger partial charge in [-0.15, -0.1) is 0 Å². The molecule has 0 saturated heterocycles. The van der Waals surface area contributed by atoms with Crippen LogP contribution in [0.25, 0.3) is 0 Å². The zero-order valence-corrected chi connectivity index (χ0v) is 10.1. The minimum Gasteiger partial charge on any atom is -0.0884 e. The van der Waals surface area contributed by atoms with Crippen molar-refractivity contribution in [3.63, 3.8) is 0 Å². The van der Waals surface area contributed by atoms with E-state index in [9.17, 15) is 0 Å². The molecule has 0 aliphatic heterocycles. The average molecular weight is 241 g/mol. The van der Waals surface area contributed by atoms with E-state index in [4.69, 9.17) is 0 Å². The highest BCUT2D eigenvalue weighted by atomic mass is 79.9. The number of rotatable bonds is 3. The summed E-state index contributed by atoms with van der Waals surface area (Å²) in [5, 5.41) is 0. The second-order valence-corrected chi connectivity index (χ2v) is 5.07. The SMILES string of the molecule is Cc1ccccc1CC(Br)C(C)C. The molecule has 1 heteroatoms. The van der Waals surface area contributed by atoms with E-state index in [1.54, 1.807) is 0 Å². The minimum atomic E-state index is 0.591. The van der Waals surface area contributed by atoms with Gasteiger partial charge in [0.15, 0.2) is 0 Å². The molecule has 0 aliphatic rings. The average Bonchev–Trinajstić information content (AvgIpc) is 2.08. The van der Waals surface area contributed by atoms with Crippen molar-refractivity contribution in [1.82, 2.24) is 0 Å². The van der Waals surface area contributed by atoms with Gasteiger partial charge in [-0.05, 0) is 30.4 Å². The molecule has 1 aromatic carbocycles. The fraction of sp³-hybridized carbons (Fsp3) is 0.500. The van der Waals surface area contributed by atoms with Crippen LogP contribution in [0.15, 0.2) is 24.3 Å². The summed E-state index contributed by atoms with van der Waals surface area (Å²) in [6, 6.07) is 8.60. The van der Waals surface area contributed by atoms with Gasteiger partial charge in [0, 0.05) is 4.83 Å². The lowest BCUT2D eigenvalue weighted by Gasteiger charge is -2.14. The number of aryl methyl sites for hydroxylation is 1. The maximum Gasteiger partial charge on any atom is 0.0209 e. The zero-order chi connectivity index (χ0) is 9.84. The molecule has 1 rings (SSSR count). The van der Waals surface area contributed by atoms with Crippen LogP contribution in [-0.4, -0.2) is 4.83 Å². The quantitative estimate of drug-likeness (QED) is 0.703. The molecule has 1 unspecified atom stereocenters. The van der Waals surface area contributed by atoms with Crippen molar-refractivity contribution in [1.29, 1.82) is 0 Å². The molecule has 0 spiro atoms. The van der Waals surface area contributed by atoms with Crippen molar-refractivity contribution in [3.05, 3.63) is 35.4 Å². The molecule has 13 heavy (non-hydrogen) atoms. The third-order valence-electron chi connectivity index (χ3n) is 2.40. The molecule has 0 heterocycles. The molecule has 0 bridgehead atoms. The van der Waals surface area contributed by atoms with Gasteiger partial charge in [0.25, 0.3) is 0 Å². The van der Waals surface area contributed by atoms with E-state index in [1.165, 1.54) is 11.1 Å². The van der Waals surface area contributed by atoms with Crippen LogP contribution < -0.4 is 0 Å². The molecule has 0 amide bonds. The van der Waals surface area contributed by atoms with Gasteiger partial charge in [-0.2, -0.15) is 0 Å². The molecular weight excluding hydrogens is 224 g/mol. The van der Waals surface area contributed by atoms with Gasteiger partial charge in [-0.25, -0.2) is 0 Å². The van der Waals surface area contributed by atoms with Gasteiger partial charge in [-0.1, -0.05) is 54.0 Å². The highest BCUT2D eigenvalue weighted by Gasteiger charge is 2.10. The van der Waals surface area contributed by atoms with Crippen molar-refractivity contribution >= 4 is 15.9 Å². The van der Waals surface area contributed by atoms with Crippen molar-refractivity contribution in [2.75, 3.05) is 0 Å². The summed E-state index contributed by atoms with van der Waals surface area (Å²) in [4.78, 5) is 0.591. The molecular formula is C12H17Br. The Labute approximate surface area is 89.5 Å². The van der Waals surface area contributed by atoms with Gasteiger partial charge in [0.05, 0.1) is 0 Å². The van der Waals surface area contributed by atoms with Crippen LogP contribution in [0.3, 0.4) is 0 Å². The zero-order valence-electron chi connectivity index (χ0n) is 8.55. The number of halogens is 1. The monoisotopic (exact) mass is 240 g/mol. The highest BCUT2D eigenvalue weighted by molar-refractivity contribution is 9.09. The first-order valence-corrected chi connectivity index (χ1v) is 5.71. The van der Waals surface area contributed by atoms with Crippen LogP contribution in [0.2, 0.25) is 0 Å². The molecule has 0 aliphatic carbocycles. The predicted molar refractivity (Wildman–Crippen MR) is 62.4 cm³/mol. The van der Waals surface area contributed by atoms with E-state index in [0.29, 0.717) is 10.7 Å². The Morgan fingerprint density at radius 1 is 1.23 bits per heavy atom. The molecule has 0 aromatic heterocycles. The summed E-state index contributed by atoms with van der Waals surface area (Å²) < 4.78 is 0. The number of hydrogen-bond donors (Lipinski definition) is 0. The van der Waals surface area contributed by atoms with Gasteiger partial charge in [-0.3, -0.25) is 0 Å². The summed E-state index contributed by atoms with van der Waals surface area (Å²) in [5.74, 6) is 0.694. The summed E-state index contributed by atoms with van der Waals surface area (Å²) in [6.45, 7) is 6.67. The summed E-state index contributed by atoms with van der Waals surface area (Å²) in [7, 11) is 0. The second-order valence-electron chi connectivity index (χ2n) is 3.89. The van der Waals surface area contributed by atoms with Crippen LogP contribution in [0.1, 0.15) is 25.0 Å². The molecule has 0 N–H and O–H groups in total. The van der Waals surface area contributed by atoms with Crippen LogP contribution in [0, 0.1) is 12.8 Å². The highest BCUT2D eigenvalue weighted by Crippen LogP contribution is 2.19. The Kier molecular flexibility index (Phi) is 3.98. The standard InChI is InChI=1S/C12H17Br/c1-9(2)12(13)8-11-7-5-4-6-10(11)3/h4-7,9,12H,8H2,1-3H3. The number of benzene rings is 1. The van der Waals surface area contributed by atoms with Crippen molar-refractivity contribution in [2.24, 2.45) is 5.92 Å². The molecule has 1 atom stereocenters. The lowest BCUT2D eigenvalue weighted by atomic mass is 9.99. The molecule has 0 radical (unpaired) electrons. The van der Waals surface area contributed by atoms with Gasteiger partial charge in [0.2, 0.25) is 0 Å². The Hall–Kier alpha value is -0.300. The summed E-state index contributed by atoms with van der Waals surface area (Å²) in [6.07, 6.45) is 1.13. The maximum atomic E-state index is 3.71. The second kappa shape index (κ2) is 4.80. The molecule has 72 valence electrons. The molecule has 0 nitrogen and oxygen atoms in total. The van der Waals surface area contributed by atoms with Crippen LogP contribution >= 0.6 is 15.9 Å². The van der Waals surface area contributed by atoms with Gasteiger partial charge >= 0.3 is 0 Å². The Balaban J connectivity index is 2.69. The van der Waals surface area contributed by atoms with E-state index in [0.717, 1.165) is 6.42 Å². The van der Waals surface area contributed by atoms with E-state index in [-0.39, 0.29) is 0 Å². The number of alkyl halides is 1. The molecule has 0 saturated carbocycles. The smallest absolute Gasteiger partial charge is 0.0209 e. The van der Waals surface area contributed by atoms with Crippen LogP contribution in [0.4, 0.5) is 0 Å². The Morgan fingerprint density at radius 3 is 2.38 bits per heavy atom. The third-order valence-corrected chi connectivity index (χ3v) is 3.78. The van der Waals surface area contributed by atoms with Gasteiger partial charge < -0.3 is 0 Å². The fourth-order valence-electron chi connectivity index (χ4n) is 1.28. The minimum absolute atomic E-state index is 0.591. The number of hydrogen-bond acceptors (Lipinski definition) is 0. The summed E-state index contributed by atoms with van der Waals surface area (Å²) >= 11 is 3.71. The van der Waals surface area contributed by atoms with E-state index in [2.05, 4.69) is 61.0 Å².